The van der Waals surface area contributed by atoms with Gasteiger partial charge in [-0.3, -0.25) is 9.78 Å². The molecule has 0 saturated carbocycles. The summed E-state index contributed by atoms with van der Waals surface area (Å²) in [6.45, 7) is 1.37. The number of aromatic nitrogens is 2. The van der Waals surface area contributed by atoms with Crippen LogP contribution in [-0.4, -0.2) is 54.0 Å². The number of aliphatic carboxylic acids is 1. The number of nitrogen functional groups attached to an aromatic ring is 1. The second-order valence-corrected chi connectivity index (χ2v) is 3.17. The van der Waals surface area contributed by atoms with E-state index in [0.29, 0.717) is 26.4 Å². The molecule has 0 bridgehead atoms. The first-order valence-corrected chi connectivity index (χ1v) is 5.44. The summed E-state index contributed by atoms with van der Waals surface area (Å²) >= 11 is 0. The lowest BCUT2D eigenvalue weighted by Crippen LogP contribution is -2.14. The monoisotopic (exact) mass is 274 g/mol. The average Bonchev–Trinajstić information content (AvgIpc) is 2.34. The van der Waals surface area contributed by atoms with E-state index in [1.54, 1.807) is 0 Å². The van der Waals surface area contributed by atoms with E-state index in [2.05, 4.69) is 14.7 Å². The van der Waals surface area contributed by atoms with Crippen molar-refractivity contribution >= 4 is 11.9 Å². The number of rotatable bonds is 7. The first kappa shape index (κ1) is 17.0. The van der Waals surface area contributed by atoms with Gasteiger partial charge in [-0.15, -0.1) is 0 Å². The highest BCUT2D eigenvalue weighted by atomic mass is 16.5. The van der Waals surface area contributed by atoms with Crippen LogP contribution >= 0.6 is 0 Å². The molecule has 0 radical (unpaired) electrons. The Bertz CT molecular complexity index is 409. The molecule has 108 valence electrons. The fourth-order valence-corrected chi connectivity index (χ4v) is 0.848. The minimum atomic E-state index is -0.969. The fourth-order valence-electron chi connectivity index (χ4n) is 0.848. The van der Waals surface area contributed by atoms with Gasteiger partial charge in [0.2, 0.25) is 0 Å². The minimum Gasteiger partial charge on any atom is -0.480 e. The van der Waals surface area contributed by atoms with Crippen molar-refractivity contribution in [1.29, 1.82) is 0 Å². The topological polar surface area (TPSA) is 154 Å². The van der Waals surface area contributed by atoms with E-state index >= 15 is 0 Å². The number of anilines is 1. The maximum atomic E-state index is 10.3. The molecule has 1 rings (SSSR count). The van der Waals surface area contributed by atoms with Crippen LogP contribution in [0.15, 0.2) is 17.1 Å². The number of carboxylic acid groups (broad SMARTS) is 1. The van der Waals surface area contributed by atoms with E-state index < -0.39 is 5.97 Å². The summed E-state index contributed by atoms with van der Waals surface area (Å²) < 4.78 is 9.60. The standard InChI is InChI=1S/C6H13NO4.C4H5N3O/c7-1-2-10-3-4-11-5-6(8)9;5-4-6-2-1-3(8)7-4/h1-5,7H2,(H,8,9);1-2H,(H3,5,6,7,8). The second kappa shape index (κ2) is 11.1. The molecule has 1 aromatic heterocycles. The Balaban J connectivity index is 0.000000356. The lowest BCUT2D eigenvalue weighted by molar-refractivity contribution is -0.142. The van der Waals surface area contributed by atoms with Gasteiger partial charge in [-0.05, 0) is 0 Å². The summed E-state index contributed by atoms with van der Waals surface area (Å²) in [6.07, 6.45) is 1.36. The summed E-state index contributed by atoms with van der Waals surface area (Å²) in [6, 6.07) is 1.30. The molecule has 9 nitrogen and oxygen atoms in total. The molecule has 0 unspecified atom stereocenters. The van der Waals surface area contributed by atoms with Crippen molar-refractivity contribution < 1.29 is 19.4 Å². The van der Waals surface area contributed by atoms with Gasteiger partial charge in [-0.2, -0.15) is 0 Å². The molecular weight excluding hydrogens is 256 g/mol. The fraction of sp³-hybridized carbons (Fsp3) is 0.500. The summed E-state index contributed by atoms with van der Waals surface area (Å²) in [4.78, 5) is 26.1. The van der Waals surface area contributed by atoms with Gasteiger partial charge >= 0.3 is 5.97 Å². The number of carboxylic acids is 1. The Morgan fingerprint density at radius 2 is 2.05 bits per heavy atom. The van der Waals surface area contributed by atoms with E-state index in [1.807, 2.05) is 0 Å². The molecule has 1 aromatic rings. The third-order valence-electron chi connectivity index (χ3n) is 1.55. The molecule has 0 amide bonds. The van der Waals surface area contributed by atoms with E-state index in [-0.39, 0.29) is 18.1 Å². The van der Waals surface area contributed by atoms with E-state index in [1.165, 1.54) is 12.3 Å². The van der Waals surface area contributed by atoms with Crippen molar-refractivity contribution in [2.75, 3.05) is 38.7 Å². The number of hydrogen-bond acceptors (Lipinski definition) is 7. The summed E-state index contributed by atoms with van der Waals surface area (Å²) in [5.74, 6) is -0.818. The van der Waals surface area contributed by atoms with Crippen LogP contribution in [0.5, 0.6) is 0 Å². The predicted molar refractivity (Wildman–Crippen MR) is 67.6 cm³/mol. The van der Waals surface area contributed by atoms with Crippen LogP contribution in [0, 0.1) is 0 Å². The van der Waals surface area contributed by atoms with Crippen molar-refractivity contribution in [3.63, 3.8) is 0 Å². The van der Waals surface area contributed by atoms with Gasteiger partial charge in [0.05, 0.1) is 19.8 Å². The zero-order chi connectivity index (χ0) is 14.5. The van der Waals surface area contributed by atoms with Crippen molar-refractivity contribution in [1.82, 2.24) is 9.97 Å². The van der Waals surface area contributed by atoms with E-state index in [0.717, 1.165) is 0 Å². The van der Waals surface area contributed by atoms with Gasteiger partial charge in [-0.1, -0.05) is 0 Å². The summed E-state index contributed by atoms with van der Waals surface area (Å²) in [7, 11) is 0. The summed E-state index contributed by atoms with van der Waals surface area (Å²) in [5, 5.41) is 8.13. The third-order valence-corrected chi connectivity index (χ3v) is 1.55. The third kappa shape index (κ3) is 12.3. The average molecular weight is 274 g/mol. The highest BCUT2D eigenvalue weighted by Crippen LogP contribution is 1.77. The van der Waals surface area contributed by atoms with Crippen LogP contribution in [0.3, 0.4) is 0 Å². The van der Waals surface area contributed by atoms with Crippen LogP contribution in [-0.2, 0) is 14.3 Å². The molecule has 0 aliphatic rings. The van der Waals surface area contributed by atoms with Gasteiger partial charge in [0.1, 0.15) is 6.61 Å². The number of hydrogen-bond donors (Lipinski definition) is 4. The normalized spacial score (nSPS) is 9.53. The highest BCUT2D eigenvalue weighted by Gasteiger charge is 1.94. The highest BCUT2D eigenvalue weighted by molar-refractivity contribution is 5.67. The van der Waals surface area contributed by atoms with Crippen LogP contribution in [0.2, 0.25) is 0 Å². The van der Waals surface area contributed by atoms with Gasteiger partial charge in [-0.25, -0.2) is 9.78 Å². The molecule has 6 N–H and O–H groups in total. The number of nitrogens with two attached hydrogens (primary N) is 2. The summed E-state index contributed by atoms with van der Waals surface area (Å²) in [5.41, 5.74) is 10.00. The van der Waals surface area contributed by atoms with Crippen LogP contribution in [0.4, 0.5) is 5.95 Å². The molecule has 0 fully saturated rings. The van der Waals surface area contributed by atoms with Gasteiger partial charge in [0.25, 0.3) is 5.56 Å². The molecule has 1 heterocycles. The minimum absolute atomic E-state index is 0.150. The van der Waals surface area contributed by atoms with Crippen LogP contribution in [0.1, 0.15) is 0 Å². The van der Waals surface area contributed by atoms with Crippen molar-refractivity contribution in [3.05, 3.63) is 22.6 Å². The van der Waals surface area contributed by atoms with Gasteiger partial charge in [0.15, 0.2) is 5.95 Å². The molecular formula is C10H18N4O5. The lowest BCUT2D eigenvalue weighted by atomic mass is 10.7. The smallest absolute Gasteiger partial charge is 0.329 e. The Morgan fingerprint density at radius 1 is 1.37 bits per heavy atom. The largest absolute Gasteiger partial charge is 0.480 e. The Hall–Kier alpha value is -1.97. The molecule has 0 aliphatic carbocycles. The number of nitrogens with one attached hydrogen (secondary N) is 1. The van der Waals surface area contributed by atoms with Gasteiger partial charge in [0, 0.05) is 18.8 Å². The maximum Gasteiger partial charge on any atom is 0.329 e. The zero-order valence-electron chi connectivity index (χ0n) is 10.4. The molecule has 0 saturated heterocycles. The molecule has 0 spiro atoms. The molecule has 9 heteroatoms. The van der Waals surface area contributed by atoms with Crippen LogP contribution < -0.4 is 17.0 Å². The Morgan fingerprint density at radius 3 is 2.53 bits per heavy atom. The number of aromatic amines is 1. The second-order valence-electron chi connectivity index (χ2n) is 3.17. The van der Waals surface area contributed by atoms with E-state index in [9.17, 15) is 9.59 Å². The van der Waals surface area contributed by atoms with Crippen molar-refractivity contribution in [2.45, 2.75) is 0 Å². The Labute approximate surface area is 109 Å². The first-order valence-electron chi connectivity index (χ1n) is 5.44. The van der Waals surface area contributed by atoms with E-state index in [4.69, 9.17) is 21.3 Å². The van der Waals surface area contributed by atoms with Gasteiger partial charge < -0.3 is 26.0 Å². The number of carbonyl (C=O) groups is 1. The molecule has 19 heavy (non-hydrogen) atoms. The Kier molecular flexibility index (Phi) is 9.98. The van der Waals surface area contributed by atoms with Crippen molar-refractivity contribution in [3.8, 4) is 0 Å². The number of ether oxygens (including phenoxy) is 2. The molecule has 0 aromatic carbocycles. The maximum absolute atomic E-state index is 10.3. The van der Waals surface area contributed by atoms with Crippen molar-refractivity contribution in [2.24, 2.45) is 5.73 Å². The molecule has 0 aliphatic heterocycles. The SMILES string of the molecule is NCCOCCOCC(=O)O.Nc1nccc(=O)[nH]1. The first-order chi connectivity index (χ1) is 9.06. The zero-order valence-corrected chi connectivity index (χ0v) is 10.4. The van der Waals surface area contributed by atoms with Crippen LogP contribution in [0.25, 0.3) is 0 Å². The predicted octanol–water partition coefficient (Wildman–Crippen LogP) is -1.58. The quantitative estimate of drug-likeness (QED) is 0.434. The number of H-pyrrole nitrogens is 1. The number of nitrogens with zero attached hydrogens (tertiary/aromatic N) is 1. The molecule has 0 atom stereocenters. The lowest BCUT2D eigenvalue weighted by Gasteiger charge is -2.01.